The Morgan fingerprint density at radius 1 is 1.26 bits per heavy atom. The second kappa shape index (κ2) is 9.46. The van der Waals surface area contributed by atoms with Gasteiger partial charge < -0.3 is 5.32 Å². The number of aromatic amines is 1. The molecule has 0 aromatic carbocycles. The molecule has 2 amide bonds. The number of fused-ring (bicyclic) bond motifs is 1. The number of anilines is 3. The van der Waals surface area contributed by atoms with Crippen LogP contribution in [0.3, 0.4) is 0 Å². The number of amides is 2. The normalized spacial score (nSPS) is 21.6. The van der Waals surface area contributed by atoms with E-state index < -0.39 is 11.5 Å². The predicted molar refractivity (Wildman–Crippen MR) is 131 cm³/mol. The van der Waals surface area contributed by atoms with Crippen LogP contribution in [-0.4, -0.2) is 33.9 Å². The number of allylic oxidation sites excluding steroid dienone is 4. The van der Waals surface area contributed by atoms with Gasteiger partial charge in [-0.2, -0.15) is 4.98 Å². The van der Waals surface area contributed by atoms with E-state index in [0.29, 0.717) is 17.1 Å². The molecule has 3 heterocycles. The van der Waals surface area contributed by atoms with E-state index in [1.165, 1.54) is 4.90 Å². The molecule has 1 aliphatic heterocycles. The molecule has 1 aliphatic carbocycles. The summed E-state index contributed by atoms with van der Waals surface area (Å²) < 4.78 is 1.75. The lowest BCUT2D eigenvalue weighted by Gasteiger charge is -2.39. The van der Waals surface area contributed by atoms with Crippen molar-refractivity contribution in [2.45, 2.75) is 39.3 Å². The number of carbonyl (C=O) groups excluding carboxylic acids is 2. The number of rotatable bonds is 3. The summed E-state index contributed by atoms with van der Waals surface area (Å²) in [5, 5.41) is 5.83. The van der Waals surface area contributed by atoms with Crippen molar-refractivity contribution in [2.75, 3.05) is 15.5 Å². The van der Waals surface area contributed by atoms with E-state index in [0.717, 1.165) is 6.42 Å². The van der Waals surface area contributed by atoms with Crippen LogP contribution in [0.5, 0.6) is 0 Å². The Balaban J connectivity index is 1.68. The van der Waals surface area contributed by atoms with E-state index in [-0.39, 0.29) is 35.4 Å². The third-order valence-corrected chi connectivity index (χ3v) is 6.05. The van der Waals surface area contributed by atoms with Gasteiger partial charge in [-0.25, -0.2) is 4.57 Å². The van der Waals surface area contributed by atoms with Crippen LogP contribution in [0.1, 0.15) is 37.6 Å². The van der Waals surface area contributed by atoms with Gasteiger partial charge in [0.1, 0.15) is 12.6 Å². The fourth-order valence-electron chi connectivity index (χ4n) is 3.98. The second-order valence-electron chi connectivity index (χ2n) is 8.80. The van der Waals surface area contributed by atoms with Crippen molar-refractivity contribution < 1.29 is 14.2 Å². The van der Waals surface area contributed by atoms with Crippen molar-refractivity contribution in [3.05, 3.63) is 76.4 Å². The highest BCUT2D eigenvalue weighted by Gasteiger charge is 2.37. The van der Waals surface area contributed by atoms with Crippen LogP contribution < -0.4 is 25.7 Å². The van der Waals surface area contributed by atoms with E-state index in [2.05, 4.69) is 27.5 Å². The summed E-state index contributed by atoms with van der Waals surface area (Å²) in [5.74, 6) is -0.0455. The first-order valence-electron chi connectivity index (χ1n) is 11.3. The molecule has 0 fully saturated rings. The minimum absolute atomic E-state index is 0.00361. The maximum Gasteiger partial charge on any atom is 0.278 e. The summed E-state index contributed by atoms with van der Waals surface area (Å²) in [6, 6.07) is 2.95. The van der Waals surface area contributed by atoms with E-state index in [1.807, 2.05) is 45.3 Å². The Hall–Kier alpha value is -4.01. The lowest BCUT2D eigenvalue weighted by atomic mass is 10.0. The first-order chi connectivity index (χ1) is 16.2. The zero-order valence-corrected chi connectivity index (χ0v) is 19.7. The van der Waals surface area contributed by atoms with Gasteiger partial charge in [0, 0.05) is 17.7 Å². The number of aryl methyl sites for hydroxylation is 1. The highest BCUT2D eigenvalue weighted by molar-refractivity contribution is 6.10. The summed E-state index contributed by atoms with van der Waals surface area (Å²) >= 11 is 0. The van der Waals surface area contributed by atoms with Gasteiger partial charge in [-0.1, -0.05) is 31.2 Å². The zero-order chi connectivity index (χ0) is 24.4. The Morgan fingerprint density at radius 2 is 2.06 bits per heavy atom. The number of nitrogens with zero attached hydrogens (tertiary/aromatic N) is 3. The van der Waals surface area contributed by atoms with Crippen molar-refractivity contribution in [3.8, 4) is 0 Å². The Labute approximate surface area is 197 Å². The molecule has 0 saturated heterocycles. The SMILES string of the molecule is CC1C=CC=C(C(=O)N2c3c(nc(NC(=O)c4ccc[n+](C)c4)[nH]c3=O)NC(C)C2C)C=CC1. The number of aromatic nitrogens is 3. The fraction of sp³-hybridized carbons (Fsp3) is 0.320. The van der Waals surface area contributed by atoms with Gasteiger partial charge in [0.2, 0.25) is 5.95 Å². The molecule has 176 valence electrons. The van der Waals surface area contributed by atoms with E-state index in [1.54, 1.807) is 35.0 Å². The molecule has 0 radical (unpaired) electrons. The molecular weight excluding hydrogens is 432 g/mol. The monoisotopic (exact) mass is 461 g/mol. The maximum absolute atomic E-state index is 13.5. The van der Waals surface area contributed by atoms with Crippen LogP contribution in [0.2, 0.25) is 0 Å². The van der Waals surface area contributed by atoms with Crippen LogP contribution in [0, 0.1) is 5.92 Å². The molecule has 4 rings (SSSR count). The summed E-state index contributed by atoms with van der Waals surface area (Å²) in [6.45, 7) is 5.91. The van der Waals surface area contributed by atoms with Crippen LogP contribution >= 0.6 is 0 Å². The smallest absolute Gasteiger partial charge is 0.278 e. The molecule has 2 aromatic rings. The zero-order valence-electron chi connectivity index (χ0n) is 19.7. The standard InChI is InChI=1S/C25H28N6O3/c1-15-8-5-10-18(11-6-9-15)24(34)31-17(3)16(2)26-21-20(31)23(33)29-25(27-21)28-22(32)19-12-7-13-30(4)14-19/h5-8,10-17H,9H2,1-4H3,(H2-,26,27,28,29,32,33)/p+1. The predicted octanol–water partition coefficient (Wildman–Crippen LogP) is 2.46. The molecule has 9 nitrogen and oxygen atoms in total. The number of nitrogens with one attached hydrogen (secondary N) is 3. The average molecular weight is 462 g/mol. The molecule has 3 N–H and O–H groups in total. The topological polar surface area (TPSA) is 111 Å². The number of H-pyrrole nitrogens is 1. The Morgan fingerprint density at radius 3 is 2.82 bits per heavy atom. The third kappa shape index (κ3) is 4.68. The van der Waals surface area contributed by atoms with Gasteiger partial charge in [0.25, 0.3) is 17.4 Å². The van der Waals surface area contributed by atoms with Crippen molar-refractivity contribution in [2.24, 2.45) is 13.0 Å². The fourth-order valence-corrected chi connectivity index (χ4v) is 3.98. The first-order valence-corrected chi connectivity index (χ1v) is 11.3. The van der Waals surface area contributed by atoms with Crippen molar-refractivity contribution in [1.29, 1.82) is 0 Å². The quantitative estimate of drug-likeness (QED) is 0.608. The van der Waals surface area contributed by atoms with Crippen LogP contribution in [0.15, 0.2) is 65.3 Å². The molecule has 3 atom stereocenters. The summed E-state index contributed by atoms with van der Waals surface area (Å²) in [6.07, 6.45) is 13.8. The summed E-state index contributed by atoms with van der Waals surface area (Å²) in [7, 11) is 1.81. The van der Waals surface area contributed by atoms with Gasteiger partial charge in [0.05, 0.1) is 6.04 Å². The number of hydrogen-bond acceptors (Lipinski definition) is 5. The van der Waals surface area contributed by atoms with Gasteiger partial charge in [-0.05, 0) is 38.3 Å². The third-order valence-electron chi connectivity index (χ3n) is 6.05. The molecular formula is C25H29N6O3+. The van der Waals surface area contributed by atoms with Crippen molar-refractivity contribution in [1.82, 2.24) is 9.97 Å². The molecule has 2 aromatic heterocycles. The van der Waals surface area contributed by atoms with Gasteiger partial charge in [-0.3, -0.25) is 29.6 Å². The van der Waals surface area contributed by atoms with Crippen molar-refractivity contribution >= 4 is 29.3 Å². The number of pyridine rings is 1. The Bertz CT molecular complexity index is 1280. The second-order valence-corrected chi connectivity index (χ2v) is 8.80. The molecule has 2 aliphatic rings. The number of hydrogen-bond donors (Lipinski definition) is 3. The van der Waals surface area contributed by atoms with Crippen LogP contribution in [0.25, 0.3) is 0 Å². The molecule has 3 unspecified atom stereocenters. The first kappa shape index (κ1) is 23.2. The van der Waals surface area contributed by atoms with Crippen LogP contribution in [-0.2, 0) is 11.8 Å². The highest BCUT2D eigenvalue weighted by Crippen LogP contribution is 2.31. The molecule has 9 heteroatoms. The molecule has 34 heavy (non-hydrogen) atoms. The average Bonchev–Trinajstić information content (AvgIpc) is 2.77. The molecule has 0 saturated carbocycles. The van der Waals surface area contributed by atoms with E-state index in [4.69, 9.17) is 0 Å². The minimum atomic E-state index is -0.516. The van der Waals surface area contributed by atoms with E-state index in [9.17, 15) is 14.4 Å². The number of carbonyl (C=O) groups is 2. The Kier molecular flexibility index (Phi) is 6.45. The van der Waals surface area contributed by atoms with Gasteiger partial charge in [0.15, 0.2) is 23.9 Å². The lowest BCUT2D eigenvalue weighted by molar-refractivity contribution is -0.671. The van der Waals surface area contributed by atoms with Gasteiger partial charge >= 0.3 is 0 Å². The lowest BCUT2D eigenvalue weighted by Crippen LogP contribution is -2.53. The largest absolute Gasteiger partial charge is 0.364 e. The highest BCUT2D eigenvalue weighted by atomic mass is 16.2. The maximum atomic E-state index is 13.5. The van der Waals surface area contributed by atoms with Crippen LogP contribution in [0.4, 0.5) is 17.5 Å². The summed E-state index contributed by atoms with van der Waals surface area (Å²) in [5.41, 5.74) is 0.526. The van der Waals surface area contributed by atoms with Gasteiger partial charge in [-0.15, -0.1) is 0 Å². The minimum Gasteiger partial charge on any atom is -0.364 e. The van der Waals surface area contributed by atoms with Crippen molar-refractivity contribution in [3.63, 3.8) is 0 Å². The molecule has 0 spiro atoms. The van der Waals surface area contributed by atoms with E-state index >= 15 is 0 Å². The summed E-state index contributed by atoms with van der Waals surface area (Å²) in [4.78, 5) is 47.8. The molecule has 0 bridgehead atoms.